The monoisotopic (exact) mass is 404 g/mol. The molecule has 2 rings (SSSR count). The van der Waals surface area contributed by atoms with Gasteiger partial charge < -0.3 is 20.5 Å². The minimum Gasteiger partial charge on any atom is -0.495 e. The largest absolute Gasteiger partial charge is 0.495 e. The summed E-state index contributed by atoms with van der Waals surface area (Å²) in [6.45, 7) is 3.90. The van der Waals surface area contributed by atoms with Crippen LogP contribution in [0.5, 0.6) is 5.75 Å². The molecule has 7 heteroatoms. The number of ether oxygens (including phenoxy) is 1. The van der Waals surface area contributed by atoms with Gasteiger partial charge in [-0.05, 0) is 41.7 Å². The minimum absolute atomic E-state index is 0.258. The highest BCUT2D eigenvalue weighted by molar-refractivity contribution is 6.30. The Bertz CT molecular complexity index is 841. The number of para-hydroxylation sites is 2. The molecule has 150 valence electrons. The number of anilines is 1. The highest BCUT2D eigenvalue weighted by atomic mass is 35.5. The number of carbonyl (C=O) groups excluding carboxylic acids is 2. The molecule has 0 heterocycles. The van der Waals surface area contributed by atoms with Crippen LogP contribution in [0.1, 0.15) is 25.8 Å². The van der Waals surface area contributed by atoms with E-state index in [0.717, 1.165) is 5.56 Å². The molecule has 2 aromatic carbocycles. The van der Waals surface area contributed by atoms with Crippen molar-refractivity contribution in [1.29, 1.82) is 0 Å². The summed E-state index contributed by atoms with van der Waals surface area (Å²) in [5.41, 5.74) is 6.20. The maximum absolute atomic E-state index is 12.0. The summed E-state index contributed by atoms with van der Waals surface area (Å²) in [5.74, 6) is -0.467. The third-order valence-corrected chi connectivity index (χ3v) is 5.05. The fourth-order valence-electron chi connectivity index (χ4n) is 3.26. The Kier molecular flexibility index (Phi) is 7.05. The maximum atomic E-state index is 12.0. The molecule has 2 amide bonds. The molecule has 3 N–H and O–H groups in total. The Balaban J connectivity index is 2.49. The SMILES string of the molecule is COc1ccccc1N(C=O)C(CC(C)(C)c1cccc(Cl)c1)C(O)C(N)=O. The van der Waals surface area contributed by atoms with Crippen LogP contribution in [0.25, 0.3) is 0 Å². The fraction of sp³-hybridized carbons (Fsp3) is 0.333. The number of rotatable bonds is 9. The van der Waals surface area contributed by atoms with E-state index in [1.54, 1.807) is 30.3 Å². The van der Waals surface area contributed by atoms with E-state index >= 15 is 0 Å². The van der Waals surface area contributed by atoms with E-state index in [-0.39, 0.29) is 6.42 Å². The van der Waals surface area contributed by atoms with Gasteiger partial charge in [-0.2, -0.15) is 0 Å². The van der Waals surface area contributed by atoms with Crippen molar-refractivity contribution in [2.75, 3.05) is 12.0 Å². The topological polar surface area (TPSA) is 92.9 Å². The number of aliphatic hydroxyl groups excluding tert-OH is 1. The van der Waals surface area contributed by atoms with Crippen LogP contribution in [-0.4, -0.2) is 36.7 Å². The summed E-state index contributed by atoms with van der Waals surface area (Å²) in [7, 11) is 1.48. The lowest BCUT2D eigenvalue weighted by Crippen LogP contribution is -2.51. The first kappa shape index (κ1) is 21.7. The molecule has 0 fully saturated rings. The first-order chi connectivity index (χ1) is 13.2. The van der Waals surface area contributed by atoms with Gasteiger partial charge in [0.15, 0.2) is 6.10 Å². The smallest absolute Gasteiger partial charge is 0.248 e. The second-order valence-electron chi connectivity index (χ2n) is 7.20. The molecule has 0 saturated heterocycles. The molecular weight excluding hydrogens is 380 g/mol. The van der Waals surface area contributed by atoms with Crippen LogP contribution in [0.4, 0.5) is 5.69 Å². The summed E-state index contributed by atoms with van der Waals surface area (Å²) in [5, 5.41) is 11.1. The second-order valence-corrected chi connectivity index (χ2v) is 7.63. The van der Waals surface area contributed by atoms with E-state index in [4.69, 9.17) is 22.1 Å². The van der Waals surface area contributed by atoms with Crippen LogP contribution in [0, 0.1) is 0 Å². The Morgan fingerprint density at radius 2 is 1.96 bits per heavy atom. The molecule has 28 heavy (non-hydrogen) atoms. The lowest BCUT2D eigenvalue weighted by molar-refractivity contribution is -0.127. The van der Waals surface area contributed by atoms with Crippen LogP contribution in [0.2, 0.25) is 5.02 Å². The van der Waals surface area contributed by atoms with Gasteiger partial charge in [0.2, 0.25) is 12.3 Å². The Hall–Kier alpha value is -2.57. The third kappa shape index (κ3) is 4.82. The van der Waals surface area contributed by atoms with Gasteiger partial charge in [0.25, 0.3) is 0 Å². The number of methoxy groups -OCH3 is 1. The van der Waals surface area contributed by atoms with Crippen molar-refractivity contribution in [2.24, 2.45) is 5.73 Å². The lowest BCUT2D eigenvalue weighted by Gasteiger charge is -2.37. The number of hydrogen-bond acceptors (Lipinski definition) is 4. The molecule has 0 bridgehead atoms. The minimum atomic E-state index is -1.56. The Labute approximate surface area is 169 Å². The predicted octanol–water partition coefficient (Wildman–Crippen LogP) is 2.89. The number of nitrogens with zero attached hydrogens (tertiary/aromatic N) is 1. The van der Waals surface area contributed by atoms with Crippen LogP contribution in [-0.2, 0) is 15.0 Å². The van der Waals surface area contributed by atoms with Gasteiger partial charge in [0.1, 0.15) is 5.75 Å². The Morgan fingerprint density at radius 1 is 1.29 bits per heavy atom. The van der Waals surface area contributed by atoms with Crippen molar-refractivity contribution in [1.82, 2.24) is 0 Å². The molecule has 0 aliphatic rings. The molecule has 2 aromatic rings. The van der Waals surface area contributed by atoms with Crippen LogP contribution < -0.4 is 15.4 Å². The van der Waals surface area contributed by atoms with Crippen molar-refractivity contribution in [3.05, 3.63) is 59.1 Å². The highest BCUT2D eigenvalue weighted by Crippen LogP contribution is 2.36. The Morgan fingerprint density at radius 3 is 2.54 bits per heavy atom. The molecule has 2 atom stereocenters. The third-order valence-electron chi connectivity index (χ3n) is 4.82. The molecule has 0 aliphatic heterocycles. The van der Waals surface area contributed by atoms with Crippen molar-refractivity contribution in [2.45, 2.75) is 37.8 Å². The molecule has 0 radical (unpaired) electrons. The number of halogens is 1. The maximum Gasteiger partial charge on any atom is 0.248 e. The number of nitrogens with two attached hydrogens (primary N) is 1. The second kappa shape index (κ2) is 9.08. The van der Waals surface area contributed by atoms with Gasteiger partial charge in [0.05, 0.1) is 18.8 Å². The average molecular weight is 405 g/mol. The zero-order valence-electron chi connectivity index (χ0n) is 16.1. The summed E-state index contributed by atoms with van der Waals surface area (Å²) in [4.78, 5) is 25.1. The lowest BCUT2D eigenvalue weighted by atomic mass is 9.77. The van der Waals surface area contributed by atoms with Crippen molar-refractivity contribution >= 4 is 29.6 Å². The van der Waals surface area contributed by atoms with Gasteiger partial charge in [-0.3, -0.25) is 9.59 Å². The van der Waals surface area contributed by atoms with Crippen molar-refractivity contribution in [3.63, 3.8) is 0 Å². The number of amides is 2. The number of primary amides is 1. The van der Waals surface area contributed by atoms with Crippen LogP contribution in [0.15, 0.2) is 48.5 Å². The number of hydrogen-bond donors (Lipinski definition) is 2. The molecule has 0 aromatic heterocycles. The summed E-state index contributed by atoms with van der Waals surface area (Å²) in [6, 6.07) is 13.3. The quantitative estimate of drug-likeness (QED) is 0.628. The average Bonchev–Trinajstić information content (AvgIpc) is 2.67. The number of benzene rings is 2. The summed E-state index contributed by atoms with van der Waals surface area (Å²) < 4.78 is 5.33. The van der Waals surface area contributed by atoms with Crippen LogP contribution in [0.3, 0.4) is 0 Å². The van der Waals surface area contributed by atoms with Gasteiger partial charge in [-0.1, -0.05) is 49.7 Å². The van der Waals surface area contributed by atoms with E-state index in [2.05, 4.69) is 0 Å². The van der Waals surface area contributed by atoms with Gasteiger partial charge >= 0.3 is 0 Å². The van der Waals surface area contributed by atoms with Crippen molar-refractivity contribution < 1.29 is 19.4 Å². The molecular formula is C21H25ClN2O4. The van der Waals surface area contributed by atoms with Crippen LogP contribution >= 0.6 is 11.6 Å². The highest BCUT2D eigenvalue weighted by Gasteiger charge is 2.37. The van der Waals surface area contributed by atoms with Gasteiger partial charge in [0, 0.05) is 5.02 Å². The fourth-order valence-corrected chi connectivity index (χ4v) is 3.45. The standard InChI is InChI=1S/C21H25ClN2O4/c1-21(2,14-7-6-8-15(22)11-14)12-17(19(26)20(23)27)24(13-25)16-9-4-5-10-18(16)28-3/h4-11,13,17,19,26H,12H2,1-3H3,(H2,23,27). The van der Waals surface area contributed by atoms with Gasteiger partial charge in [-0.25, -0.2) is 0 Å². The first-order valence-electron chi connectivity index (χ1n) is 8.81. The molecule has 0 saturated carbocycles. The zero-order valence-corrected chi connectivity index (χ0v) is 16.9. The predicted molar refractivity (Wildman–Crippen MR) is 110 cm³/mol. The van der Waals surface area contributed by atoms with E-state index in [1.165, 1.54) is 12.0 Å². The van der Waals surface area contributed by atoms with Crippen molar-refractivity contribution in [3.8, 4) is 5.75 Å². The van der Waals surface area contributed by atoms with E-state index in [1.807, 2.05) is 32.0 Å². The molecule has 0 aliphatic carbocycles. The van der Waals surface area contributed by atoms with E-state index in [9.17, 15) is 14.7 Å². The van der Waals surface area contributed by atoms with Gasteiger partial charge in [-0.15, -0.1) is 0 Å². The van der Waals surface area contributed by atoms with E-state index in [0.29, 0.717) is 22.9 Å². The molecule has 0 spiro atoms. The molecule has 6 nitrogen and oxygen atoms in total. The first-order valence-corrected chi connectivity index (χ1v) is 9.19. The number of carbonyl (C=O) groups is 2. The zero-order chi connectivity index (χ0) is 20.9. The summed E-state index contributed by atoms with van der Waals surface area (Å²) >= 11 is 6.12. The van der Waals surface area contributed by atoms with E-state index < -0.39 is 23.5 Å². The normalized spacial score (nSPS) is 13.5. The number of aliphatic hydroxyl groups is 1. The molecule has 2 unspecified atom stereocenters. The summed E-state index contributed by atoms with van der Waals surface area (Å²) in [6.07, 6.45) is -0.731.